The highest BCUT2D eigenvalue weighted by atomic mass is 32.1. The van der Waals surface area contributed by atoms with Gasteiger partial charge in [0.05, 0.1) is 37.3 Å². The Labute approximate surface area is 212 Å². The van der Waals surface area contributed by atoms with Crippen LogP contribution in [0.1, 0.15) is 22.3 Å². The molecule has 0 aliphatic rings. The minimum atomic E-state index is -0.518. The van der Waals surface area contributed by atoms with Gasteiger partial charge in [0, 0.05) is 42.5 Å². The van der Waals surface area contributed by atoms with E-state index in [1.807, 2.05) is 0 Å². The number of hydrogen-bond acceptors (Lipinski definition) is 8. The Balaban J connectivity index is 1.63. The number of amides is 2. The van der Waals surface area contributed by atoms with Gasteiger partial charge in [0.2, 0.25) is 0 Å². The van der Waals surface area contributed by atoms with E-state index in [1.165, 1.54) is 30.6 Å². The Morgan fingerprint density at radius 3 is 2.58 bits per heavy atom. The van der Waals surface area contributed by atoms with E-state index in [4.69, 9.17) is 18.9 Å². The van der Waals surface area contributed by atoms with Crippen molar-refractivity contribution in [3.63, 3.8) is 0 Å². The molecule has 3 aromatic rings. The van der Waals surface area contributed by atoms with E-state index in [0.717, 1.165) is 5.56 Å². The van der Waals surface area contributed by atoms with E-state index in [9.17, 15) is 14.0 Å². The fraction of sp³-hybridized carbons (Fsp3) is 0.320. The molecule has 0 bridgehead atoms. The molecule has 0 fully saturated rings. The van der Waals surface area contributed by atoms with Crippen LogP contribution in [0.3, 0.4) is 0 Å². The van der Waals surface area contributed by atoms with Crippen molar-refractivity contribution < 1.29 is 32.9 Å². The largest absolute Gasteiger partial charge is 0.493 e. The van der Waals surface area contributed by atoms with Crippen molar-refractivity contribution in [3.8, 4) is 11.5 Å². The van der Waals surface area contributed by atoms with E-state index in [-0.39, 0.29) is 12.4 Å². The third-order valence-corrected chi connectivity index (χ3v) is 6.11. The summed E-state index contributed by atoms with van der Waals surface area (Å²) < 4.78 is 35.6. The van der Waals surface area contributed by atoms with Crippen LogP contribution in [-0.2, 0) is 14.3 Å². The molecule has 192 valence electrons. The summed E-state index contributed by atoms with van der Waals surface area (Å²) in [5.74, 6) is -0.435. The lowest BCUT2D eigenvalue weighted by atomic mass is 10.1. The number of carbonyl (C=O) groups is 2. The highest BCUT2D eigenvalue weighted by Gasteiger charge is 2.15. The summed E-state index contributed by atoms with van der Waals surface area (Å²) in [6, 6.07) is 9.54. The fourth-order valence-electron chi connectivity index (χ4n) is 3.29. The molecule has 0 saturated heterocycles. The standard InChI is InChI=1S/C25H28FN3O6S/c1-32-10-9-20(18-15-36-24-17(18)5-4-6-19(24)26)28-29-23(30)14-27-25(31)16-7-8-21(22(13-16)34-3)35-12-11-33-2/h4-8,13,15H,9-12,14H2,1-3H3,(H,27,31)(H,29,30)/b28-20-. The number of halogens is 1. The molecule has 0 saturated carbocycles. The molecule has 9 nitrogen and oxygen atoms in total. The second kappa shape index (κ2) is 13.5. The minimum absolute atomic E-state index is 0.298. The summed E-state index contributed by atoms with van der Waals surface area (Å²) in [5.41, 5.74) is 4.02. The van der Waals surface area contributed by atoms with Gasteiger partial charge in [-0.05, 0) is 24.3 Å². The molecule has 36 heavy (non-hydrogen) atoms. The van der Waals surface area contributed by atoms with Crippen LogP contribution < -0.4 is 20.2 Å². The van der Waals surface area contributed by atoms with Crippen LogP contribution in [0.25, 0.3) is 10.1 Å². The Morgan fingerprint density at radius 2 is 1.83 bits per heavy atom. The first-order valence-electron chi connectivity index (χ1n) is 11.1. The van der Waals surface area contributed by atoms with E-state index < -0.39 is 11.8 Å². The molecule has 1 heterocycles. The quantitative estimate of drug-likeness (QED) is 0.205. The maximum absolute atomic E-state index is 14.1. The van der Waals surface area contributed by atoms with Crippen LogP contribution in [0, 0.1) is 5.82 Å². The van der Waals surface area contributed by atoms with Crippen molar-refractivity contribution >= 4 is 38.9 Å². The maximum Gasteiger partial charge on any atom is 0.259 e. The molecule has 3 rings (SSSR count). The molecule has 0 unspecified atom stereocenters. The molecule has 0 aliphatic carbocycles. The molecule has 2 N–H and O–H groups in total. The van der Waals surface area contributed by atoms with Crippen molar-refractivity contribution in [2.24, 2.45) is 5.10 Å². The van der Waals surface area contributed by atoms with Gasteiger partial charge in [-0.15, -0.1) is 11.3 Å². The van der Waals surface area contributed by atoms with E-state index >= 15 is 0 Å². The second-order valence-electron chi connectivity index (χ2n) is 7.49. The van der Waals surface area contributed by atoms with Gasteiger partial charge in [0.15, 0.2) is 11.5 Å². The van der Waals surface area contributed by atoms with Crippen molar-refractivity contribution in [1.29, 1.82) is 0 Å². The first-order chi connectivity index (χ1) is 17.5. The lowest BCUT2D eigenvalue weighted by Gasteiger charge is -2.12. The zero-order valence-electron chi connectivity index (χ0n) is 20.3. The van der Waals surface area contributed by atoms with Gasteiger partial charge in [-0.25, -0.2) is 9.82 Å². The van der Waals surface area contributed by atoms with Crippen molar-refractivity contribution in [2.75, 3.05) is 47.7 Å². The third-order valence-electron chi connectivity index (χ3n) is 5.10. The van der Waals surface area contributed by atoms with Crippen LogP contribution in [0.4, 0.5) is 4.39 Å². The molecule has 2 amide bonds. The highest BCUT2D eigenvalue weighted by molar-refractivity contribution is 7.17. The molecule has 11 heteroatoms. The number of benzene rings is 2. The van der Waals surface area contributed by atoms with Crippen molar-refractivity contribution in [1.82, 2.24) is 10.7 Å². The van der Waals surface area contributed by atoms with Gasteiger partial charge >= 0.3 is 0 Å². The molecule has 0 radical (unpaired) electrons. The molecule has 0 aliphatic heterocycles. The number of hydrogen-bond donors (Lipinski definition) is 2. The number of thiophene rings is 1. The Hall–Kier alpha value is -3.54. The van der Waals surface area contributed by atoms with E-state index in [2.05, 4.69) is 15.8 Å². The SMILES string of the molecule is COCCOc1ccc(C(=O)NCC(=O)N/N=C(/CCOC)c2csc3c(F)cccc23)cc1OC. The average molecular weight is 518 g/mol. The van der Waals surface area contributed by atoms with Gasteiger partial charge in [0.1, 0.15) is 12.4 Å². The van der Waals surface area contributed by atoms with Gasteiger partial charge in [-0.1, -0.05) is 12.1 Å². The smallest absolute Gasteiger partial charge is 0.259 e. The number of rotatable bonds is 13. The van der Waals surface area contributed by atoms with Gasteiger partial charge in [-0.2, -0.15) is 5.10 Å². The average Bonchev–Trinajstić information content (AvgIpc) is 3.33. The number of carbonyl (C=O) groups excluding carboxylic acids is 2. The normalized spacial score (nSPS) is 11.4. The number of nitrogens with zero attached hydrogens (tertiary/aromatic N) is 1. The zero-order valence-corrected chi connectivity index (χ0v) is 21.1. The first-order valence-corrected chi connectivity index (χ1v) is 11.9. The maximum atomic E-state index is 14.1. The summed E-state index contributed by atoms with van der Waals surface area (Å²) in [6.45, 7) is 0.815. The predicted molar refractivity (Wildman–Crippen MR) is 136 cm³/mol. The predicted octanol–water partition coefficient (Wildman–Crippen LogP) is 3.36. The Kier molecular flexibility index (Phi) is 10.2. The summed E-state index contributed by atoms with van der Waals surface area (Å²) in [7, 11) is 4.60. The second-order valence-corrected chi connectivity index (χ2v) is 8.37. The van der Waals surface area contributed by atoms with Crippen LogP contribution in [0.2, 0.25) is 0 Å². The van der Waals surface area contributed by atoms with Crippen LogP contribution in [0.15, 0.2) is 46.9 Å². The number of fused-ring (bicyclic) bond motifs is 1. The monoisotopic (exact) mass is 517 g/mol. The summed E-state index contributed by atoms with van der Waals surface area (Å²) >= 11 is 1.27. The molecule has 1 aromatic heterocycles. The molecule has 0 spiro atoms. The van der Waals surface area contributed by atoms with Gasteiger partial charge < -0.3 is 24.3 Å². The zero-order chi connectivity index (χ0) is 25.9. The van der Waals surface area contributed by atoms with Crippen LogP contribution in [-0.4, -0.2) is 65.2 Å². The van der Waals surface area contributed by atoms with Crippen molar-refractivity contribution in [3.05, 3.63) is 58.7 Å². The Morgan fingerprint density at radius 1 is 1.03 bits per heavy atom. The van der Waals surface area contributed by atoms with E-state index in [1.54, 1.807) is 43.9 Å². The molecule has 0 atom stereocenters. The number of hydrazone groups is 1. The molecule has 2 aromatic carbocycles. The summed E-state index contributed by atoms with van der Waals surface area (Å²) in [5, 5.41) is 9.29. The lowest BCUT2D eigenvalue weighted by molar-refractivity contribution is -0.120. The topological polar surface area (TPSA) is 107 Å². The van der Waals surface area contributed by atoms with Gasteiger partial charge in [0.25, 0.3) is 11.8 Å². The lowest BCUT2D eigenvalue weighted by Crippen LogP contribution is -2.35. The fourth-order valence-corrected chi connectivity index (χ4v) is 4.27. The summed E-state index contributed by atoms with van der Waals surface area (Å²) in [4.78, 5) is 24.9. The number of nitrogens with one attached hydrogen (secondary N) is 2. The van der Waals surface area contributed by atoms with Crippen molar-refractivity contribution in [2.45, 2.75) is 6.42 Å². The number of methoxy groups -OCH3 is 3. The van der Waals surface area contributed by atoms with Crippen LogP contribution in [0.5, 0.6) is 11.5 Å². The minimum Gasteiger partial charge on any atom is -0.493 e. The molecular weight excluding hydrogens is 489 g/mol. The first kappa shape index (κ1) is 27.1. The van der Waals surface area contributed by atoms with Gasteiger partial charge in [-0.3, -0.25) is 9.59 Å². The Bertz CT molecular complexity index is 1230. The van der Waals surface area contributed by atoms with E-state index in [0.29, 0.717) is 59.1 Å². The van der Waals surface area contributed by atoms with Crippen LogP contribution >= 0.6 is 11.3 Å². The number of ether oxygens (including phenoxy) is 4. The third kappa shape index (κ3) is 7.00. The molecular formula is C25H28FN3O6S. The highest BCUT2D eigenvalue weighted by Crippen LogP contribution is 2.30. The summed E-state index contributed by atoms with van der Waals surface area (Å²) in [6.07, 6.45) is 0.407.